The fourth-order valence-electron chi connectivity index (χ4n) is 7.03. The van der Waals surface area contributed by atoms with Gasteiger partial charge in [-0.15, -0.1) is 0 Å². The Balaban J connectivity index is 1.31. The topological polar surface area (TPSA) is 132 Å². The summed E-state index contributed by atoms with van der Waals surface area (Å²) in [5.41, 5.74) is 1.61. The van der Waals surface area contributed by atoms with Crippen LogP contribution in [0.3, 0.4) is 0 Å². The number of piperidine rings is 1. The van der Waals surface area contributed by atoms with Crippen molar-refractivity contribution >= 4 is 43.2 Å². The van der Waals surface area contributed by atoms with E-state index in [4.69, 9.17) is 25.8 Å². The van der Waals surface area contributed by atoms with Crippen molar-refractivity contribution in [1.82, 2.24) is 9.03 Å². The molecule has 2 fully saturated rings. The number of carbonyl (C=O) groups excluding carboxylic acids is 1. The van der Waals surface area contributed by atoms with Crippen molar-refractivity contribution in [3.8, 4) is 5.75 Å². The minimum atomic E-state index is -4.22. The zero-order valence-corrected chi connectivity index (χ0v) is 25.9. The molecule has 6 aliphatic rings. The Kier molecular flexibility index (Phi) is 7.41. The number of amides is 1. The lowest BCUT2D eigenvalue weighted by atomic mass is 9.82. The van der Waals surface area contributed by atoms with E-state index in [1.54, 1.807) is 10.4 Å². The first kappa shape index (κ1) is 29.3. The Morgan fingerprint density at radius 1 is 1.00 bits per heavy atom. The summed E-state index contributed by atoms with van der Waals surface area (Å²) in [4.78, 5) is 14.5. The van der Waals surface area contributed by atoms with Crippen LogP contribution in [-0.4, -0.2) is 84.4 Å². The molecule has 14 heteroatoms. The van der Waals surface area contributed by atoms with Crippen LogP contribution in [0.4, 0.5) is 5.69 Å². The lowest BCUT2D eigenvalue weighted by molar-refractivity contribution is -0.126. The van der Waals surface area contributed by atoms with Crippen molar-refractivity contribution in [1.29, 1.82) is 0 Å². The Morgan fingerprint density at radius 3 is 2.58 bits per heavy atom. The van der Waals surface area contributed by atoms with Crippen LogP contribution in [0.25, 0.3) is 0 Å². The molecule has 1 spiro atoms. The number of fused-ring (bicyclic) bond motifs is 8. The van der Waals surface area contributed by atoms with Gasteiger partial charge in [0.05, 0.1) is 35.1 Å². The van der Waals surface area contributed by atoms with E-state index in [2.05, 4.69) is 4.72 Å². The Bertz CT molecular complexity index is 1660. The molecule has 2 aromatic carbocycles. The van der Waals surface area contributed by atoms with Crippen LogP contribution in [0.2, 0.25) is 5.02 Å². The summed E-state index contributed by atoms with van der Waals surface area (Å²) in [5.74, 6) is -0.509. The number of rotatable bonds is 0. The number of halogens is 1. The van der Waals surface area contributed by atoms with E-state index >= 15 is 0 Å². The summed E-state index contributed by atoms with van der Waals surface area (Å²) in [7, 11) is -7.79. The third kappa shape index (κ3) is 5.31. The number of ether oxygens (including phenoxy) is 3. The first-order valence-electron chi connectivity index (χ1n) is 14.6. The highest BCUT2D eigenvalue weighted by Crippen LogP contribution is 2.45. The molecule has 1 N–H and O–H groups in total. The zero-order valence-electron chi connectivity index (χ0n) is 23.5. The summed E-state index contributed by atoms with van der Waals surface area (Å²) in [6, 6.07) is 10.2. The summed E-state index contributed by atoms with van der Waals surface area (Å²) in [6.45, 7) is 1.46. The number of anilines is 1. The maximum absolute atomic E-state index is 13.8. The molecule has 5 heterocycles. The number of nitrogens with one attached hydrogen (secondary N) is 1. The average molecular weight is 652 g/mol. The Labute approximate surface area is 256 Å². The number of carbonyl (C=O) groups is 1. The highest BCUT2D eigenvalue weighted by molar-refractivity contribution is 7.90. The smallest absolute Gasteiger partial charge is 0.264 e. The van der Waals surface area contributed by atoms with Crippen molar-refractivity contribution < 1.29 is 35.8 Å². The number of benzene rings is 2. The van der Waals surface area contributed by atoms with Gasteiger partial charge < -0.3 is 19.1 Å². The zero-order chi connectivity index (χ0) is 30.0. The van der Waals surface area contributed by atoms with Crippen molar-refractivity contribution in [2.75, 3.05) is 50.9 Å². The fraction of sp³-hybridized carbons (Fsp3) is 0.552. The van der Waals surface area contributed by atoms with E-state index in [1.807, 2.05) is 23.1 Å². The summed E-state index contributed by atoms with van der Waals surface area (Å²) < 4.78 is 76.4. The van der Waals surface area contributed by atoms with E-state index < -0.39 is 43.4 Å². The quantitative estimate of drug-likeness (QED) is 0.456. The molecule has 3 atom stereocenters. The highest BCUT2D eigenvalue weighted by atomic mass is 35.5. The highest BCUT2D eigenvalue weighted by Gasteiger charge is 2.48. The monoisotopic (exact) mass is 651 g/mol. The van der Waals surface area contributed by atoms with Gasteiger partial charge in [-0.2, -0.15) is 0 Å². The van der Waals surface area contributed by atoms with Crippen LogP contribution in [0.1, 0.15) is 36.8 Å². The molecule has 0 unspecified atom stereocenters. The summed E-state index contributed by atoms with van der Waals surface area (Å²) in [6.07, 6.45) is 2.53. The Morgan fingerprint density at radius 2 is 1.81 bits per heavy atom. The molecule has 4 bridgehead atoms. The molecule has 1 saturated carbocycles. The van der Waals surface area contributed by atoms with Crippen molar-refractivity contribution in [3.05, 3.63) is 52.5 Å². The molecule has 1 amide bonds. The molecule has 0 aromatic heterocycles. The second-order valence-electron chi connectivity index (χ2n) is 12.1. The summed E-state index contributed by atoms with van der Waals surface area (Å²) in [5, 5.41) is 0.0843. The van der Waals surface area contributed by atoms with E-state index in [9.17, 15) is 21.6 Å². The van der Waals surface area contributed by atoms with Gasteiger partial charge in [0.2, 0.25) is 10.0 Å². The minimum absolute atomic E-state index is 0.102. The fourth-order valence-corrected chi connectivity index (χ4v) is 10.5. The van der Waals surface area contributed by atoms with Gasteiger partial charge in [-0.1, -0.05) is 17.7 Å². The molecule has 8 rings (SSSR count). The van der Waals surface area contributed by atoms with E-state index in [0.29, 0.717) is 74.9 Å². The van der Waals surface area contributed by atoms with E-state index in [-0.39, 0.29) is 23.5 Å². The largest absolute Gasteiger partial charge is 0.488 e. The van der Waals surface area contributed by atoms with Gasteiger partial charge >= 0.3 is 0 Å². The minimum Gasteiger partial charge on any atom is -0.488 e. The maximum Gasteiger partial charge on any atom is 0.264 e. The van der Waals surface area contributed by atoms with Gasteiger partial charge in [-0.25, -0.2) is 25.9 Å². The Hall–Kier alpha value is -2.42. The maximum atomic E-state index is 13.8. The van der Waals surface area contributed by atoms with Gasteiger partial charge in [0.15, 0.2) is 0 Å². The number of hydrogen-bond donors (Lipinski definition) is 1. The predicted octanol–water partition coefficient (Wildman–Crippen LogP) is 2.41. The van der Waals surface area contributed by atoms with Gasteiger partial charge in [-0.3, -0.25) is 4.79 Å². The third-order valence-corrected chi connectivity index (χ3v) is 13.5. The van der Waals surface area contributed by atoms with Gasteiger partial charge in [0.1, 0.15) is 24.6 Å². The first-order chi connectivity index (χ1) is 20.5. The van der Waals surface area contributed by atoms with E-state index in [0.717, 1.165) is 17.5 Å². The standard InChI is InChI=1S/C29H34ClN3O8S2/c30-21-2-4-24-19(13-21)9-12-41-29(24)17-32-15-20-1-6-27(20)43(37,38)33-10-7-22(8-11-33)39-16-28(34)31-42(35,36)23-3-5-26(40-18-29)25(32)14-23/h2-5,13-14,20,22,27H,1,6-12,15-18H2,(H,31,34)/t20-,27+,29+/m0/s1. The molecule has 11 nitrogen and oxygen atoms in total. The van der Waals surface area contributed by atoms with Crippen LogP contribution < -0.4 is 14.4 Å². The normalized spacial score (nSPS) is 33.1. The van der Waals surface area contributed by atoms with Crippen molar-refractivity contribution in [2.45, 2.75) is 54.0 Å². The van der Waals surface area contributed by atoms with Crippen LogP contribution in [0.15, 0.2) is 41.3 Å². The van der Waals surface area contributed by atoms with Gasteiger partial charge in [0, 0.05) is 24.7 Å². The first-order valence-corrected chi connectivity index (χ1v) is 18.0. The second-order valence-corrected chi connectivity index (χ2v) is 16.3. The molecular formula is C29H34ClN3O8S2. The van der Waals surface area contributed by atoms with E-state index in [1.165, 1.54) is 12.1 Å². The third-order valence-electron chi connectivity index (χ3n) is 9.44. The van der Waals surface area contributed by atoms with Crippen LogP contribution in [0, 0.1) is 5.92 Å². The lowest BCUT2D eigenvalue weighted by Gasteiger charge is -2.45. The molecule has 2 aromatic rings. The van der Waals surface area contributed by atoms with Gasteiger partial charge in [-0.05, 0) is 79.5 Å². The van der Waals surface area contributed by atoms with Crippen molar-refractivity contribution in [3.63, 3.8) is 0 Å². The average Bonchev–Trinajstić information content (AvgIpc) is 3.10. The molecule has 1 saturated heterocycles. The number of hydrogen-bond acceptors (Lipinski definition) is 9. The molecule has 0 radical (unpaired) electrons. The molecule has 43 heavy (non-hydrogen) atoms. The number of nitrogens with zero attached hydrogens (tertiary/aromatic N) is 2. The van der Waals surface area contributed by atoms with Crippen LogP contribution in [-0.2, 0) is 46.3 Å². The predicted molar refractivity (Wildman–Crippen MR) is 158 cm³/mol. The molecule has 1 aliphatic carbocycles. The SMILES string of the molecule is O=C1COC2CCN(CC2)S(=O)(=O)[C@@H]2CC[C@H]2CN2C[C@]3(COc4ccc(cc42)S(=O)(=O)N1)OCCc1cc(Cl)ccc13. The molecule has 5 aliphatic heterocycles. The second kappa shape index (κ2) is 10.9. The van der Waals surface area contributed by atoms with Crippen LogP contribution in [0.5, 0.6) is 5.75 Å². The molecule has 232 valence electrons. The van der Waals surface area contributed by atoms with Crippen LogP contribution >= 0.6 is 11.6 Å². The summed E-state index contributed by atoms with van der Waals surface area (Å²) >= 11 is 6.33. The molecular weight excluding hydrogens is 618 g/mol. The number of sulfonamides is 2. The lowest BCUT2D eigenvalue weighted by Crippen LogP contribution is -2.54. The van der Waals surface area contributed by atoms with Crippen molar-refractivity contribution in [2.24, 2.45) is 5.92 Å². The van der Waals surface area contributed by atoms with Gasteiger partial charge in [0.25, 0.3) is 15.9 Å².